The van der Waals surface area contributed by atoms with Gasteiger partial charge >= 0.3 is 5.97 Å². The molecule has 1 amide bonds. The number of hydrogen-bond donors (Lipinski definition) is 2. The van der Waals surface area contributed by atoms with E-state index < -0.39 is 5.97 Å². The summed E-state index contributed by atoms with van der Waals surface area (Å²) in [4.78, 5) is 24.7. The number of anilines is 1. The molecule has 5 nitrogen and oxygen atoms in total. The predicted octanol–water partition coefficient (Wildman–Crippen LogP) is 3.11. The summed E-state index contributed by atoms with van der Waals surface area (Å²) in [5, 5.41) is 12.2. The summed E-state index contributed by atoms with van der Waals surface area (Å²) in [6.07, 6.45) is 0. The molecule has 2 aromatic carbocycles. The first-order valence-corrected chi connectivity index (χ1v) is 7.39. The monoisotopic (exact) mass is 332 g/mol. The van der Waals surface area contributed by atoms with Crippen molar-refractivity contribution in [1.29, 1.82) is 0 Å². The minimum Gasteiger partial charge on any atom is -0.480 e. The highest BCUT2D eigenvalue weighted by Crippen LogP contribution is 2.26. The van der Waals surface area contributed by atoms with E-state index in [-0.39, 0.29) is 12.5 Å². The molecule has 2 rings (SSSR count). The van der Waals surface area contributed by atoms with Crippen LogP contribution in [-0.4, -0.2) is 35.5 Å². The highest BCUT2D eigenvalue weighted by atomic mass is 35.5. The molecule has 0 fully saturated rings. The second kappa shape index (κ2) is 7.76. The fraction of sp³-hybridized carbons (Fsp3) is 0.176. The summed E-state index contributed by atoms with van der Waals surface area (Å²) in [7, 11) is 1.68. The Morgan fingerprint density at radius 1 is 1.13 bits per heavy atom. The molecule has 2 N–H and O–H groups in total. The average Bonchev–Trinajstić information content (AvgIpc) is 2.51. The lowest BCUT2D eigenvalue weighted by Crippen LogP contribution is -2.26. The topological polar surface area (TPSA) is 69.6 Å². The van der Waals surface area contributed by atoms with Crippen molar-refractivity contribution in [2.75, 3.05) is 18.9 Å². The Morgan fingerprint density at radius 2 is 1.83 bits per heavy atom. The Labute approximate surface area is 139 Å². The lowest BCUT2D eigenvalue weighted by molar-refractivity contribution is -0.138. The van der Waals surface area contributed by atoms with Crippen LogP contribution in [0.15, 0.2) is 48.5 Å². The van der Waals surface area contributed by atoms with E-state index in [4.69, 9.17) is 16.7 Å². The normalized spacial score (nSPS) is 10.6. The molecule has 23 heavy (non-hydrogen) atoms. The molecule has 0 unspecified atom stereocenters. The SMILES string of the molecule is CN(CC(=O)O)Cc1c(Cl)cccc1NC(=O)c1ccccc1. The highest BCUT2D eigenvalue weighted by Gasteiger charge is 2.14. The summed E-state index contributed by atoms with van der Waals surface area (Å²) >= 11 is 6.21. The minimum atomic E-state index is -0.922. The first kappa shape index (κ1) is 17.0. The lowest BCUT2D eigenvalue weighted by atomic mass is 10.1. The summed E-state index contributed by atoms with van der Waals surface area (Å²) < 4.78 is 0. The molecule has 0 aliphatic carbocycles. The molecule has 6 heteroatoms. The molecule has 2 aromatic rings. The Morgan fingerprint density at radius 3 is 2.48 bits per heavy atom. The number of amides is 1. The van der Waals surface area contributed by atoms with Crippen LogP contribution in [0.5, 0.6) is 0 Å². The highest BCUT2D eigenvalue weighted by molar-refractivity contribution is 6.31. The smallest absolute Gasteiger partial charge is 0.317 e. The van der Waals surface area contributed by atoms with Gasteiger partial charge in [-0.25, -0.2) is 0 Å². The van der Waals surface area contributed by atoms with Crippen LogP contribution >= 0.6 is 11.6 Å². The number of likely N-dealkylation sites (N-methyl/N-ethyl adjacent to an activating group) is 1. The zero-order valence-corrected chi connectivity index (χ0v) is 13.4. The second-order valence-electron chi connectivity index (χ2n) is 5.15. The zero-order valence-electron chi connectivity index (χ0n) is 12.6. The fourth-order valence-electron chi connectivity index (χ4n) is 2.18. The molecule has 0 atom stereocenters. The van der Waals surface area contributed by atoms with Crippen LogP contribution in [0.2, 0.25) is 5.02 Å². The van der Waals surface area contributed by atoms with E-state index in [9.17, 15) is 9.59 Å². The Kier molecular flexibility index (Phi) is 5.73. The molecule has 0 bridgehead atoms. The largest absolute Gasteiger partial charge is 0.480 e. The number of aliphatic carboxylic acids is 1. The fourth-order valence-corrected chi connectivity index (χ4v) is 2.41. The van der Waals surface area contributed by atoms with Gasteiger partial charge < -0.3 is 10.4 Å². The van der Waals surface area contributed by atoms with Crippen LogP contribution in [0.25, 0.3) is 0 Å². The van der Waals surface area contributed by atoms with Crippen molar-refractivity contribution in [3.05, 3.63) is 64.7 Å². The average molecular weight is 333 g/mol. The van der Waals surface area contributed by atoms with Gasteiger partial charge in [-0.2, -0.15) is 0 Å². The van der Waals surface area contributed by atoms with Gasteiger partial charge in [-0.3, -0.25) is 14.5 Å². The third kappa shape index (κ3) is 4.81. The van der Waals surface area contributed by atoms with E-state index in [0.29, 0.717) is 28.4 Å². The lowest BCUT2D eigenvalue weighted by Gasteiger charge is -2.18. The first-order chi connectivity index (χ1) is 11.0. The van der Waals surface area contributed by atoms with Crippen molar-refractivity contribution in [3.8, 4) is 0 Å². The predicted molar refractivity (Wildman–Crippen MR) is 89.8 cm³/mol. The third-order valence-corrected chi connectivity index (χ3v) is 3.59. The number of carboxylic acid groups (broad SMARTS) is 1. The van der Waals surface area contributed by atoms with Crippen molar-refractivity contribution in [2.45, 2.75) is 6.54 Å². The van der Waals surface area contributed by atoms with Gasteiger partial charge in [-0.1, -0.05) is 35.9 Å². The van der Waals surface area contributed by atoms with E-state index in [2.05, 4.69) is 5.32 Å². The van der Waals surface area contributed by atoms with Crippen molar-refractivity contribution < 1.29 is 14.7 Å². The summed E-state index contributed by atoms with van der Waals surface area (Å²) in [6, 6.07) is 14.0. The molecular formula is C17H17ClN2O3. The van der Waals surface area contributed by atoms with Crippen molar-refractivity contribution in [1.82, 2.24) is 4.90 Å². The zero-order chi connectivity index (χ0) is 16.8. The molecule has 0 aliphatic heterocycles. The van der Waals surface area contributed by atoms with Crippen molar-refractivity contribution in [2.24, 2.45) is 0 Å². The van der Waals surface area contributed by atoms with Gasteiger partial charge in [0.05, 0.1) is 6.54 Å². The number of rotatable bonds is 6. The number of carbonyl (C=O) groups is 2. The molecule has 0 heterocycles. The third-order valence-electron chi connectivity index (χ3n) is 3.24. The quantitative estimate of drug-likeness (QED) is 0.852. The second-order valence-corrected chi connectivity index (χ2v) is 5.56. The maximum absolute atomic E-state index is 12.3. The Bertz CT molecular complexity index is 704. The van der Waals surface area contributed by atoms with Crippen LogP contribution in [0.1, 0.15) is 15.9 Å². The van der Waals surface area contributed by atoms with Gasteiger partial charge in [-0.05, 0) is 31.3 Å². The summed E-state index contributed by atoms with van der Waals surface area (Å²) in [5.41, 5.74) is 1.79. The van der Waals surface area contributed by atoms with Gasteiger partial charge in [0.2, 0.25) is 0 Å². The minimum absolute atomic E-state index is 0.114. The number of carboxylic acids is 1. The van der Waals surface area contributed by atoms with Crippen molar-refractivity contribution in [3.63, 3.8) is 0 Å². The van der Waals surface area contributed by atoms with Crippen LogP contribution in [0.3, 0.4) is 0 Å². The van der Waals surface area contributed by atoms with E-state index in [0.717, 1.165) is 0 Å². The van der Waals surface area contributed by atoms with Gasteiger partial charge in [0, 0.05) is 28.4 Å². The number of halogens is 1. The number of benzene rings is 2. The van der Waals surface area contributed by atoms with E-state index in [1.54, 1.807) is 54.4 Å². The molecule has 0 radical (unpaired) electrons. The maximum Gasteiger partial charge on any atom is 0.317 e. The van der Waals surface area contributed by atoms with Crippen LogP contribution in [0, 0.1) is 0 Å². The standard InChI is InChI=1S/C17H17ClN2O3/c1-20(11-16(21)22)10-13-14(18)8-5-9-15(13)19-17(23)12-6-3-2-4-7-12/h2-9H,10-11H2,1H3,(H,19,23)(H,21,22). The molecule has 0 aliphatic rings. The Hall–Kier alpha value is -2.37. The number of hydrogen-bond acceptors (Lipinski definition) is 3. The molecule has 0 saturated heterocycles. The van der Waals surface area contributed by atoms with Gasteiger partial charge in [0.15, 0.2) is 0 Å². The molecule has 0 saturated carbocycles. The molecule has 120 valence electrons. The van der Waals surface area contributed by atoms with E-state index in [1.807, 2.05) is 6.07 Å². The van der Waals surface area contributed by atoms with Crippen LogP contribution in [0.4, 0.5) is 5.69 Å². The van der Waals surface area contributed by atoms with Gasteiger partial charge in [-0.15, -0.1) is 0 Å². The number of nitrogens with one attached hydrogen (secondary N) is 1. The molecule has 0 spiro atoms. The van der Waals surface area contributed by atoms with Crippen molar-refractivity contribution >= 4 is 29.2 Å². The summed E-state index contributed by atoms with van der Waals surface area (Å²) in [6.45, 7) is 0.202. The number of carbonyl (C=O) groups excluding carboxylic acids is 1. The number of nitrogens with zero attached hydrogens (tertiary/aromatic N) is 1. The van der Waals surface area contributed by atoms with Gasteiger partial charge in [0.1, 0.15) is 0 Å². The first-order valence-electron chi connectivity index (χ1n) is 7.01. The van der Waals surface area contributed by atoms with Crippen LogP contribution < -0.4 is 5.32 Å². The molecule has 0 aromatic heterocycles. The maximum atomic E-state index is 12.3. The van der Waals surface area contributed by atoms with Crippen LogP contribution in [-0.2, 0) is 11.3 Å². The molecular weight excluding hydrogens is 316 g/mol. The van der Waals surface area contributed by atoms with Gasteiger partial charge in [0.25, 0.3) is 5.91 Å². The Balaban J connectivity index is 2.20. The summed E-state index contributed by atoms with van der Waals surface area (Å²) in [5.74, 6) is -1.16. The van der Waals surface area contributed by atoms with E-state index in [1.165, 1.54) is 0 Å². The van der Waals surface area contributed by atoms with E-state index >= 15 is 0 Å².